The number of benzene rings is 1. The first kappa shape index (κ1) is 18.2. The van der Waals surface area contributed by atoms with E-state index >= 15 is 0 Å². The zero-order valence-corrected chi connectivity index (χ0v) is 14.9. The lowest BCUT2D eigenvalue weighted by Crippen LogP contribution is -2.45. The topological polar surface area (TPSA) is 66.5 Å². The highest BCUT2D eigenvalue weighted by molar-refractivity contribution is 7.88. The average Bonchev–Trinajstić information content (AvgIpc) is 2.52. The molecule has 1 atom stereocenters. The Balaban J connectivity index is 1.73. The van der Waals surface area contributed by atoms with Crippen LogP contribution in [-0.4, -0.2) is 44.5 Å². The molecule has 0 bridgehead atoms. The van der Waals surface area contributed by atoms with Crippen LogP contribution in [0.4, 0.5) is 0 Å². The molecular formula is C16H23ClN2O3S. The molecule has 128 valence electrons. The van der Waals surface area contributed by atoms with Crippen molar-refractivity contribution >= 4 is 27.5 Å². The van der Waals surface area contributed by atoms with Crippen LogP contribution in [0, 0.1) is 5.92 Å². The number of nitrogens with zero attached hydrogens (tertiary/aromatic N) is 1. The normalized spacial score (nSPS) is 19.5. The van der Waals surface area contributed by atoms with Gasteiger partial charge in [-0.3, -0.25) is 4.79 Å². The molecule has 1 unspecified atom stereocenters. The van der Waals surface area contributed by atoms with Gasteiger partial charge in [0.1, 0.15) is 0 Å². The number of carbonyl (C=O) groups excluding carboxylic acids is 1. The summed E-state index contributed by atoms with van der Waals surface area (Å²) < 4.78 is 24.6. The predicted octanol–water partition coefficient (Wildman–Crippen LogP) is 2.06. The summed E-state index contributed by atoms with van der Waals surface area (Å²) in [6, 6.07) is 7.68. The number of rotatable bonds is 6. The van der Waals surface area contributed by atoms with Gasteiger partial charge < -0.3 is 5.32 Å². The Labute approximate surface area is 143 Å². The van der Waals surface area contributed by atoms with Crippen LogP contribution in [0.15, 0.2) is 24.3 Å². The SMILES string of the molecule is CS(=O)(=O)N1CCCC(C(=O)NCCCc2ccc(Cl)cc2)C1. The number of amides is 1. The van der Waals surface area contributed by atoms with Crippen molar-refractivity contribution in [3.05, 3.63) is 34.9 Å². The van der Waals surface area contributed by atoms with Crippen LogP contribution < -0.4 is 5.32 Å². The van der Waals surface area contributed by atoms with E-state index in [9.17, 15) is 13.2 Å². The van der Waals surface area contributed by atoms with E-state index in [0.29, 0.717) is 19.6 Å². The van der Waals surface area contributed by atoms with Gasteiger partial charge >= 0.3 is 0 Å². The number of halogens is 1. The number of aryl methyl sites for hydroxylation is 1. The molecule has 1 saturated heterocycles. The first-order chi connectivity index (χ1) is 10.9. The van der Waals surface area contributed by atoms with Crippen molar-refractivity contribution < 1.29 is 13.2 Å². The van der Waals surface area contributed by atoms with Gasteiger partial charge in [0.15, 0.2) is 0 Å². The second-order valence-electron chi connectivity index (χ2n) is 5.98. The molecule has 1 aromatic rings. The molecule has 1 heterocycles. The van der Waals surface area contributed by atoms with E-state index in [-0.39, 0.29) is 11.8 Å². The fraction of sp³-hybridized carbons (Fsp3) is 0.562. The molecule has 0 aromatic heterocycles. The van der Waals surface area contributed by atoms with Gasteiger partial charge in [-0.05, 0) is 43.4 Å². The Bertz CT molecular complexity index is 631. The zero-order chi connectivity index (χ0) is 16.9. The molecule has 0 aliphatic carbocycles. The highest BCUT2D eigenvalue weighted by Crippen LogP contribution is 2.18. The third-order valence-corrected chi connectivity index (χ3v) is 5.60. The number of nitrogens with one attached hydrogen (secondary N) is 1. The van der Waals surface area contributed by atoms with E-state index in [1.54, 1.807) is 0 Å². The lowest BCUT2D eigenvalue weighted by atomic mass is 9.99. The third-order valence-electron chi connectivity index (χ3n) is 4.08. The zero-order valence-electron chi connectivity index (χ0n) is 13.3. The van der Waals surface area contributed by atoms with Gasteiger partial charge in [-0.1, -0.05) is 23.7 Å². The Kier molecular flexibility index (Phi) is 6.44. The molecule has 1 aromatic carbocycles. The number of carbonyl (C=O) groups is 1. The fourth-order valence-corrected chi connectivity index (χ4v) is 3.79. The van der Waals surface area contributed by atoms with Gasteiger partial charge in [0.05, 0.1) is 12.2 Å². The lowest BCUT2D eigenvalue weighted by Gasteiger charge is -2.30. The molecule has 1 aliphatic heterocycles. The molecule has 0 radical (unpaired) electrons. The summed E-state index contributed by atoms with van der Waals surface area (Å²) in [6.07, 6.45) is 4.39. The van der Waals surface area contributed by atoms with Crippen molar-refractivity contribution in [1.82, 2.24) is 9.62 Å². The largest absolute Gasteiger partial charge is 0.356 e. The average molecular weight is 359 g/mol. The summed E-state index contributed by atoms with van der Waals surface area (Å²) in [6.45, 7) is 1.40. The van der Waals surface area contributed by atoms with E-state index in [0.717, 1.165) is 30.7 Å². The number of hydrogen-bond donors (Lipinski definition) is 1. The fourth-order valence-electron chi connectivity index (χ4n) is 2.76. The summed E-state index contributed by atoms with van der Waals surface area (Å²) in [5.41, 5.74) is 1.18. The minimum atomic E-state index is -3.21. The first-order valence-corrected chi connectivity index (χ1v) is 10.1. The quantitative estimate of drug-likeness (QED) is 0.791. The molecule has 1 N–H and O–H groups in total. The molecule has 2 rings (SSSR count). The second kappa shape index (κ2) is 8.13. The summed E-state index contributed by atoms with van der Waals surface area (Å²) >= 11 is 5.84. The minimum absolute atomic E-state index is 0.0468. The maximum atomic E-state index is 12.2. The summed E-state index contributed by atoms with van der Waals surface area (Å²) in [5, 5.41) is 3.64. The van der Waals surface area contributed by atoms with Gasteiger partial charge in [-0.15, -0.1) is 0 Å². The van der Waals surface area contributed by atoms with Crippen molar-refractivity contribution in [3.63, 3.8) is 0 Å². The highest BCUT2D eigenvalue weighted by atomic mass is 35.5. The molecule has 1 amide bonds. The Hall–Kier alpha value is -1.11. The second-order valence-corrected chi connectivity index (χ2v) is 8.40. The Morgan fingerprint density at radius 2 is 2.04 bits per heavy atom. The number of sulfonamides is 1. The van der Waals surface area contributed by atoms with E-state index in [4.69, 9.17) is 11.6 Å². The molecule has 1 fully saturated rings. The van der Waals surface area contributed by atoms with E-state index in [1.165, 1.54) is 16.1 Å². The van der Waals surface area contributed by atoms with Crippen LogP contribution in [0.3, 0.4) is 0 Å². The van der Waals surface area contributed by atoms with E-state index in [1.807, 2.05) is 24.3 Å². The highest BCUT2D eigenvalue weighted by Gasteiger charge is 2.29. The maximum absolute atomic E-state index is 12.2. The van der Waals surface area contributed by atoms with Crippen LogP contribution in [0.2, 0.25) is 5.02 Å². The van der Waals surface area contributed by atoms with Gasteiger partial charge in [0.25, 0.3) is 0 Å². The monoisotopic (exact) mass is 358 g/mol. The molecule has 1 aliphatic rings. The van der Waals surface area contributed by atoms with Crippen molar-refractivity contribution in [2.45, 2.75) is 25.7 Å². The van der Waals surface area contributed by atoms with Crippen molar-refractivity contribution in [3.8, 4) is 0 Å². The molecule has 7 heteroatoms. The third kappa shape index (κ3) is 5.79. The molecule has 23 heavy (non-hydrogen) atoms. The Morgan fingerprint density at radius 1 is 1.35 bits per heavy atom. The standard InChI is InChI=1S/C16H23ClN2O3S/c1-23(21,22)19-11-3-5-14(12-19)16(20)18-10-2-4-13-6-8-15(17)9-7-13/h6-9,14H,2-5,10-12H2,1H3,(H,18,20). The van der Waals surface area contributed by atoms with Crippen molar-refractivity contribution in [2.24, 2.45) is 5.92 Å². The van der Waals surface area contributed by atoms with Gasteiger partial charge in [0.2, 0.25) is 15.9 Å². The smallest absolute Gasteiger partial charge is 0.224 e. The lowest BCUT2D eigenvalue weighted by molar-refractivity contribution is -0.126. The first-order valence-electron chi connectivity index (χ1n) is 7.83. The van der Waals surface area contributed by atoms with Crippen molar-refractivity contribution in [2.75, 3.05) is 25.9 Å². The van der Waals surface area contributed by atoms with E-state index < -0.39 is 10.0 Å². The molecule has 0 spiro atoms. The summed E-state index contributed by atoms with van der Waals surface area (Å²) in [7, 11) is -3.21. The van der Waals surface area contributed by atoms with E-state index in [2.05, 4.69) is 5.32 Å². The Morgan fingerprint density at radius 3 is 2.70 bits per heavy atom. The van der Waals surface area contributed by atoms with Gasteiger partial charge in [-0.25, -0.2) is 12.7 Å². The minimum Gasteiger partial charge on any atom is -0.356 e. The molecule has 0 saturated carbocycles. The van der Waals surface area contributed by atoms with Gasteiger partial charge in [0, 0.05) is 24.7 Å². The van der Waals surface area contributed by atoms with Crippen LogP contribution >= 0.6 is 11.6 Å². The van der Waals surface area contributed by atoms with Crippen LogP contribution in [0.25, 0.3) is 0 Å². The van der Waals surface area contributed by atoms with Crippen LogP contribution in [0.5, 0.6) is 0 Å². The molecular weight excluding hydrogens is 336 g/mol. The molecule has 5 nitrogen and oxygen atoms in total. The van der Waals surface area contributed by atoms with Crippen LogP contribution in [-0.2, 0) is 21.2 Å². The predicted molar refractivity (Wildman–Crippen MR) is 91.9 cm³/mol. The van der Waals surface area contributed by atoms with Gasteiger partial charge in [-0.2, -0.15) is 0 Å². The summed E-state index contributed by atoms with van der Waals surface area (Å²) in [4.78, 5) is 12.2. The maximum Gasteiger partial charge on any atom is 0.224 e. The number of hydrogen-bond acceptors (Lipinski definition) is 3. The van der Waals surface area contributed by atoms with Crippen LogP contribution in [0.1, 0.15) is 24.8 Å². The number of piperidine rings is 1. The summed E-state index contributed by atoms with van der Waals surface area (Å²) in [5.74, 6) is -0.288. The van der Waals surface area contributed by atoms with Crippen molar-refractivity contribution in [1.29, 1.82) is 0 Å².